The molecule has 1 aliphatic rings. The van der Waals surface area contributed by atoms with Crippen LogP contribution in [-0.4, -0.2) is 12.4 Å². The molecule has 17 heavy (non-hydrogen) atoms. The van der Waals surface area contributed by atoms with Crippen molar-refractivity contribution in [1.29, 1.82) is 0 Å². The average Bonchev–Trinajstić information content (AvgIpc) is 2.59. The van der Waals surface area contributed by atoms with Crippen LogP contribution in [0.1, 0.15) is 44.2 Å². The monoisotopic (exact) mass is 252 g/mol. The van der Waals surface area contributed by atoms with Gasteiger partial charge in [0.05, 0.1) is 5.84 Å². The second kappa shape index (κ2) is 7.33. The molecule has 2 nitrogen and oxygen atoms in total. The fourth-order valence-corrected chi connectivity index (χ4v) is 2.07. The SMILES string of the molecule is CC(NC1=NCCCCC1)c1ccccc1.Cl. The molecule has 2 rings (SSSR count). The standard InChI is InChI=1S/C14H20N2.ClH/c1-12(13-8-4-2-5-9-13)16-14-10-6-3-7-11-15-14;/h2,4-5,8-9,12H,3,6-7,10-11H2,1H3,(H,15,16);1H. The van der Waals surface area contributed by atoms with Gasteiger partial charge in [-0.25, -0.2) is 0 Å². The zero-order valence-electron chi connectivity index (χ0n) is 10.4. The number of benzene rings is 1. The molecule has 0 saturated carbocycles. The molecule has 0 aromatic heterocycles. The van der Waals surface area contributed by atoms with E-state index in [1.54, 1.807) is 0 Å². The molecule has 0 aliphatic carbocycles. The summed E-state index contributed by atoms with van der Waals surface area (Å²) in [7, 11) is 0. The highest BCUT2D eigenvalue weighted by Crippen LogP contribution is 2.13. The number of halogens is 1. The van der Waals surface area contributed by atoms with Crippen LogP contribution >= 0.6 is 12.4 Å². The molecule has 0 fully saturated rings. The molecule has 0 saturated heterocycles. The summed E-state index contributed by atoms with van der Waals surface area (Å²) in [5, 5.41) is 3.53. The van der Waals surface area contributed by atoms with Gasteiger partial charge in [-0.15, -0.1) is 12.4 Å². The van der Waals surface area contributed by atoms with Gasteiger partial charge in [0.25, 0.3) is 0 Å². The summed E-state index contributed by atoms with van der Waals surface area (Å²) < 4.78 is 0. The van der Waals surface area contributed by atoms with Crippen LogP contribution in [0.5, 0.6) is 0 Å². The van der Waals surface area contributed by atoms with E-state index in [-0.39, 0.29) is 12.4 Å². The van der Waals surface area contributed by atoms with Gasteiger partial charge in [0, 0.05) is 19.0 Å². The number of rotatable bonds is 2. The smallest absolute Gasteiger partial charge is 0.0967 e. The van der Waals surface area contributed by atoms with Crippen molar-refractivity contribution < 1.29 is 0 Å². The first kappa shape index (κ1) is 14.0. The third-order valence-corrected chi connectivity index (χ3v) is 3.06. The molecule has 1 atom stereocenters. The maximum atomic E-state index is 4.59. The van der Waals surface area contributed by atoms with Crippen molar-refractivity contribution >= 4 is 18.2 Å². The summed E-state index contributed by atoms with van der Waals surface area (Å²) in [5.41, 5.74) is 1.33. The van der Waals surface area contributed by atoms with Crippen LogP contribution in [0.15, 0.2) is 35.3 Å². The molecule has 1 N–H and O–H groups in total. The maximum absolute atomic E-state index is 4.59. The van der Waals surface area contributed by atoms with Crippen molar-refractivity contribution in [2.45, 2.75) is 38.6 Å². The van der Waals surface area contributed by atoms with Gasteiger partial charge >= 0.3 is 0 Å². The maximum Gasteiger partial charge on any atom is 0.0967 e. The molecule has 1 aromatic carbocycles. The summed E-state index contributed by atoms with van der Waals surface area (Å²) in [5.74, 6) is 1.19. The minimum Gasteiger partial charge on any atom is -0.367 e. The minimum absolute atomic E-state index is 0. The first-order valence-corrected chi connectivity index (χ1v) is 6.21. The molecule has 0 amide bonds. The largest absolute Gasteiger partial charge is 0.367 e. The van der Waals surface area contributed by atoms with Crippen molar-refractivity contribution in [3.8, 4) is 0 Å². The molecule has 1 aliphatic heterocycles. The van der Waals surface area contributed by atoms with Crippen LogP contribution in [0.2, 0.25) is 0 Å². The molecule has 0 bridgehead atoms. The molecule has 1 aromatic rings. The molecule has 0 radical (unpaired) electrons. The molecule has 3 heteroatoms. The normalized spacial score (nSPS) is 17.4. The van der Waals surface area contributed by atoms with Crippen LogP contribution in [0.25, 0.3) is 0 Å². The first-order valence-electron chi connectivity index (χ1n) is 6.21. The highest BCUT2D eigenvalue weighted by Gasteiger charge is 2.08. The van der Waals surface area contributed by atoms with Crippen molar-refractivity contribution in [1.82, 2.24) is 5.32 Å². The molecule has 1 unspecified atom stereocenters. The molecule has 94 valence electrons. The van der Waals surface area contributed by atoms with E-state index >= 15 is 0 Å². The summed E-state index contributed by atoms with van der Waals surface area (Å²) in [6.45, 7) is 3.19. The fourth-order valence-electron chi connectivity index (χ4n) is 2.07. The first-order chi connectivity index (χ1) is 7.86. The topological polar surface area (TPSA) is 24.4 Å². The lowest BCUT2D eigenvalue weighted by Crippen LogP contribution is -2.26. The summed E-state index contributed by atoms with van der Waals surface area (Å²) in [6.07, 6.45) is 4.93. The number of hydrogen-bond donors (Lipinski definition) is 1. The zero-order chi connectivity index (χ0) is 11.2. The Labute approximate surface area is 110 Å². The van der Waals surface area contributed by atoms with Gasteiger partial charge < -0.3 is 5.32 Å². The van der Waals surface area contributed by atoms with Gasteiger partial charge in [-0.05, 0) is 25.3 Å². The van der Waals surface area contributed by atoms with E-state index in [4.69, 9.17) is 0 Å². The Morgan fingerprint density at radius 1 is 1.12 bits per heavy atom. The predicted octanol–water partition coefficient (Wildman–Crippen LogP) is 3.73. The van der Waals surface area contributed by atoms with E-state index in [1.807, 2.05) is 0 Å². The summed E-state index contributed by atoms with van der Waals surface area (Å²) in [4.78, 5) is 4.59. The minimum atomic E-state index is 0. The molecule has 0 spiro atoms. The van der Waals surface area contributed by atoms with Crippen molar-refractivity contribution in [3.63, 3.8) is 0 Å². The molecular formula is C14H21ClN2. The summed E-state index contributed by atoms with van der Waals surface area (Å²) >= 11 is 0. The summed E-state index contributed by atoms with van der Waals surface area (Å²) in [6, 6.07) is 10.9. The van der Waals surface area contributed by atoms with E-state index in [1.165, 1.54) is 30.7 Å². The lowest BCUT2D eigenvalue weighted by atomic mass is 10.1. The van der Waals surface area contributed by atoms with Gasteiger partial charge in [0.2, 0.25) is 0 Å². The van der Waals surface area contributed by atoms with Gasteiger partial charge in [0.1, 0.15) is 0 Å². The lowest BCUT2D eigenvalue weighted by molar-refractivity contribution is 0.693. The van der Waals surface area contributed by atoms with E-state index < -0.39 is 0 Å². The molecular weight excluding hydrogens is 232 g/mol. The van der Waals surface area contributed by atoms with Crippen LogP contribution in [0.4, 0.5) is 0 Å². The van der Waals surface area contributed by atoms with Crippen LogP contribution in [0.3, 0.4) is 0 Å². The fraction of sp³-hybridized carbons (Fsp3) is 0.500. The Balaban J connectivity index is 0.00000144. The van der Waals surface area contributed by atoms with Crippen molar-refractivity contribution in [2.24, 2.45) is 4.99 Å². The van der Waals surface area contributed by atoms with Crippen molar-refractivity contribution in [2.75, 3.05) is 6.54 Å². The number of nitrogens with one attached hydrogen (secondary N) is 1. The number of amidine groups is 1. The van der Waals surface area contributed by atoms with Gasteiger partial charge in [-0.1, -0.05) is 36.8 Å². The second-order valence-electron chi connectivity index (χ2n) is 4.42. The van der Waals surface area contributed by atoms with E-state index in [0.29, 0.717) is 6.04 Å². The van der Waals surface area contributed by atoms with Crippen LogP contribution in [-0.2, 0) is 0 Å². The van der Waals surface area contributed by atoms with Gasteiger partial charge in [-0.2, -0.15) is 0 Å². The molecule has 1 heterocycles. The average molecular weight is 253 g/mol. The Morgan fingerprint density at radius 3 is 2.65 bits per heavy atom. The Bertz CT molecular complexity index is 348. The number of nitrogens with zero attached hydrogens (tertiary/aromatic N) is 1. The number of aliphatic imine (C=N–C) groups is 1. The Hall–Kier alpha value is -1.02. The van der Waals surface area contributed by atoms with Gasteiger partial charge in [-0.3, -0.25) is 4.99 Å². The zero-order valence-corrected chi connectivity index (χ0v) is 11.2. The van der Waals surface area contributed by atoms with E-state index in [9.17, 15) is 0 Å². The Kier molecular flexibility index (Phi) is 6.06. The second-order valence-corrected chi connectivity index (χ2v) is 4.42. The van der Waals surface area contributed by atoms with Crippen LogP contribution in [0, 0.1) is 0 Å². The van der Waals surface area contributed by atoms with Gasteiger partial charge in [0.15, 0.2) is 0 Å². The lowest BCUT2D eigenvalue weighted by Gasteiger charge is -2.16. The van der Waals surface area contributed by atoms with Crippen molar-refractivity contribution in [3.05, 3.63) is 35.9 Å². The third kappa shape index (κ3) is 4.39. The Morgan fingerprint density at radius 2 is 1.88 bits per heavy atom. The highest BCUT2D eigenvalue weighted by molar-refractivity contribution is 5.85. The third-order valence-electron chi connectivity index (χ3n) is 3.06. The predicted molar refractivity (Wildman–Crippen MR) is 76.0 cm³/mol. The van der Waals surface area contributed by atoms with E-state index in [0.717, 1.165) is 13.0 Å². The quantitative estimate of drug-likeness (QED) is 0.852. The van der Waals surface area contributed by atoms with E-state index in [2.05, 4.69) is 47.6 Å². The number of hydrogen-bond acceptors (Lipinski definition) is 2. The highest BCUT2D eigenvalue weighted by atomic mass is 35.5. The van der Waals surface area contributed by atoms with Crippen LogP contribution < -0.4 is 5.32 Å².